The van der Waals surface area contributed by atoms with Crippen LogP contribution in [0, 0.1) is 0 Å². The minimum Gasteiger partial charge on any atom is -0.235 e. The Morgan fingerprint density at radius 2 is 1.67 bits per heavy atom. The normalized spacial score (nSPS) is 11.2. The van der Waals surface area contributed by atoms with Gasteiger partial charge in [0.1, 0.15) is 7.95 Å². The summed E-state index contributed by atoms with van der Waals surface area (Å²) < 4.78 is 9.90. The lowest BCUT2D eigenvalue weighted by atomic mass is 11.9. The number of hydrogen-bond donors (Lipinski definition) is 0. The molecule has 0 aromatic carbocycles. The third kappa shape index (κ3) is 4.89. The van der Waals surface area contributed by atoms with Crippen molar-refractivity contribution in [1.29, 1.82) is 0 Å². The quantitative estimate of drug-likeness (QED) is 0.395. The molecule has 0 rings (SSSR count). The first-order chi connectivity index (χ1) is 2.56. The summed E-state index contributed by atoms with van der Waals surface area (Å²) in [4.78, 5) is 0.718. The van der Waals surface area contributed by atoms with Gasteiger partial charge in [0.15, 0.2) is 0 Å². The SMILES string of the molecule is O=S(Cl)(Cl)=CCl. The monoisotopic (exact) mass is 166 g/mol. The Labute approximate surface area is 50.2 Å². The van der Waals surface area contributed by atoms with Gasteiger partial charge in [-0.2, -0.15) is 0 Å². The van der Waals surface area contributed by atoms with Crippen molar-refractivity contribution < 1.29 is 4.21 Å². The largest absolute Gasteiger partial charge is 0.235 e. The number of halogens is 3. The highest BCUT2D eigenvalue weighted by atomic mass is 36.0. The van der Waals surface area contributed by atoms with E-state index in [0.29, 0.717) is 0 Å². The van der Waals surface area contributed by atoms with Gasteiger partial charge in [0.2, 0.25) is 0 Å². The van der Waals surface area contributed by atoms with Crippen molar-refractivity contribution in [1.82, 2.24) is 0 Å². The zero-order valence-electron chi connectivity index (χ0n) is 2.53. The molecule has 0 saturated heterocycles. The van der Waals surface area contributed by atoms with Crippen molar-refractivity contribution >= 4 is 45.7 Å². The third-order valence-electron chi connectivity index (χ3n) is 0.104. The molecule has 1 nitrogen and oxygen atoms in total. The van der Waals surface area contributed by atoms with Crippen molar-refractivity contribution in [2.45, 2.75) is 0 Å². The van der Waals surface area contributed by atoms with Crippen LogP contribution in [-0.4, -0.2) is 9.04 Å². The molecule has 0 N–H and O–H groups in total. The fraction of sp³-hybridized carbons (Fsp3) is 0. The van der Waals surface area contributed by atoms with Crippen molar-refractivity contribution in [2.75, 3.05) is 0 Å². The van der Waals surface area contributed by atoms with E-state index in [4.69, 9.17) is 33.0 Å². The molecule has 0 aromatic rings. The van der Waals surface area contributed by atoms with E-state index in [-0.39, 0.29) is 0 Å². The summed E-state index contributed by atoms with van der Waals surface area (Å²) in [6.45, 7) is 0. The van der Waals surface area contributed by atoms with Crippen LogP contribution in [0.2, 0.25) is 0 Å². The van der Waals surface area contributed by atoms with E-state index >= 15 is 0 Å². The third-order valence-corrected chi connectivity index (χ3v) is 2.15. The van der Waals surface area contributed by atoms with Crippen molar-refractivity contribution in [3.63, 3.8) is 0 Å². The number of rotatable bonds is 0. The molecule has 0 aromatic heterocycles. The fourth-order valence-electron chi connectivity index (χ4n) is 0. The van der Waals surface area contributed by atoms with Crippen LogP contribution >= 0.6 is 33.0 Å². The second-order valence-corrected chi connectivity index (χ2v) is 5.40. The Kier molecular flexibility index (Phi) is 2.60. The molecule has 0 aliphatic rings. The maximum Gasteiger partial charge on any atom is 0.147 e. The summed E-state index contributed by atoms with van der Waals surface area (Å²) in [5.41, 5.74) is 0. The highest BCUT2D eigenvalue weighted by molar-refractivity contribution is 8.39. The molecule has 0 atom stereocenters. The molecule has 0 heterocycles. The molecule has 5 heteroatoms. The van der Waals surface area contributed by atoms with Crippen LogP contribution in [0.25, 0.3) is 0 Å². The van der Waals surface area contributed by atoms with Crippen molar-refractivity contribution in [2.24, 2.45) is 0 Å². The van der Waals surface area contributed by atoms with Crippen LogP contribution in [0.3, 0.4) is 0 Å². The van der Waals surface area contributed by atoms with Crippen LogP contribution < -0.4 is 0 Å². The first kappa shape index (κ1) is 6.89. The fourth-order valence-corrected chi connectivity index (χ4v) is 0. The predicted octanol–water partition coefficient (Wildman–Crippen LogP) is 1.58. The second kappa shape index (κ2) is 2.26. The van der Waals surface area contributed by atoms with Gasteiger partial charge in [-0.15, -0.1) is 0 Å². The average Bonchev–Trinajstić information content (AvgIpc) is 1.35. The van der Waals surface area contributed by atoms with Gasteiger partial charge < -0.3 is 0 Å². The molecule has 6 heavy (non-hydrogen) atoms. The van der Waals surface area contributed by atoms with Crippen LogP contribution in [0.5, 0.6) is 0 Å². The molecule has 0 amide bonds. The van der Waals surface area contributed by atoms with Crippen LogP contribution in [0.1, 0.15) is 0 Å². The van der Waals surface area contributed by atoms with E-state index in [1.807, 2.05) is 0 Å². The van der Waals surface area contributed by atoms with Gasteiger partial charge in [0.25, 0.3) is 0 Å². The summed E-state index contributed by atoms with van der Waals surface area (Å²) in [5, 5.41) is 0. The second-order valence-electron chi connectivity index (χ2n) is 0.548. The van der Waals surface area contributed by atoms with Gasteiger partial charge in [0, 0.05) is 0 Å². The van der Waals surface area contributed by atoms with E-state index < -0.39 is 7.95 Å². The first-order valence-corrected chi connectivity index (χ1v) is 4.64. The van der Waals surface area contributed by atoms with Gasteiger partial charge in [-0.25, -0.2) is 4.21 Å². The van der Waals surface area contributed by atoms with E-state index in [2.05, 4.69) is 0 Å². The molecule has 0 aliphatic carbocycles. The lowest BCUT2D eigenvalue weighted by Crippen LogP contribution is -1.70. The average molecular weight is 167 g/mol. The maximum absolute atomic E-state index is 9.90. The lowest BCUT2D eigenvalue weighted by Gasteiger charge is -1.74. The Morgan fingerprint density at radius 3 is 1.67 bits per heavy atom. The topological polar surface area (TPSA) is 17.1 Å². The highest BCUT2D eigenvalue weighted by Crippen LogP contribution is 2.03. The highest BCUT2D eigenvalue weighted by Gasteiger charge is 1.86. The minimum absolute atomic E-state index is 0.718. The Hall–Kier alpha value is 0.890. The molecule has 0 unspecified atom stereocenters. The summed E-state index contributed by atoms with van der Waals surface area (Å²) in [7, 11) is 6.82. The van der Waals surface area contributed by atoms with Gasteiger partial charge in [-0.3, -0.25) is 0 Å². The molecule has 0 saturated carbocycles. The van der Waals surface area contributed by atoms with Crippen molar-refractivity contribution in [3.05, 3.63) is 0 Å². The zero-order chi connectivity index (χ0) is 5.21. The standard InChI is InChI=1S/CHCl3OS/c2-1-6(3,4)5/h1H. The molecule has 0 radical (unpaired) electrons. The molecule has 0 bridgehead atoms. The molecular formula is CHCl3OS. The smallest absolute Gasteiger partial charge is 0.147 e. The first-order valence-electron chi connectivity index (χ1n) is 0.929. The summed E-state index contributed by atoms with van der Waals surface area (Å²) >= 11 is 4.81. The van der Waals surface area contributed by atoms with E-state index in [1.165, 1.54) is 0 Å². The summed E-state index contributed by atoms with van der Waals surface area (Å²) in [5.74, 6) is 0. The van der Waals surface area contributed by atoms with Crippen LogP contribution in [0.4, 0.5) is 0 Å². The van der Waals surface area contributed by atoms with Gasteiger partial charge in [-0.05, 0) is 21.4 Å². The van der Waals surface area contributed by atoms with Crippen LogP contribution in [-0.2, 0) is 7.95 Å². The molecule has 0 fully saturated rings. The van der Waals surface area contributed by atoms with E-state index in [9.17, 15) is 4.21 Å². The molecule has 0 spiro atoms. The summed E-state index contributed by atoms with van der Waals surface area (Å²) in [6.07, 6.45) is 0. The Morgan fingerprint density at radius 1 is 1.50 bits per heavy atom. The van der Waals surface area contributed by atoms with Gasteiger partial charge in [0.05, 0.1) is 4.83 Å². The molecular weight excluding hydrogens is 166 g/mol. The Balaban J connectivity index is 4.24. The predicted molar refractivity (Wildman–Crippen MR) is 31.8 cm³/mol. The molecule has 38 valence electrons. The maximum atomic E-state index is 9.90. The lowest BCUT2D eigenvalue weighted by molar-refractivity contribution is 0.696. The molecule has 0 aliphatic heterocycles. The zero-order valence-corrected chi connectivity index (χ0v) is 5.61. The number of hydrogen-bond acceptors (Lipinski definition) is 1. The Bertz CT molecular complexity index is 124. The van der Waals surface area contributed by atoms with Gasteiger partial charge >= 0.3 is 0 Å². The summed E-state index contributed by atoms with van der Waals surface area (Å²) in [6, 6.07) is 0. The van der Waals surface area contributed by atoms with Crippen LogP contribution in [0.15, 0.2) is 0 Å². The van der Waals surface area contributed by atoms with E-state index in [0.717, 1.165) is 4.83 Å². The minimum atomic E-state index is -2.83. The van der Waals surface area contributed by atoms with Gasteiger partial charge in [-0.1, -0.05) is 11.6 Å². The van der Waals surface area contributed by atoms with Crippen molar-refractivity contribution in [3.8, 4) is 0 Å². The van der Waals surface area contributed by atoms with E-state index in [1.54, 1.807) is 0 Å².